The van der Waals surface area contributed by atoms with Gasteiger partial charge in [0.2, 0.25) is 0 Å². The monoisotopic (exact) mass is 303 g/mol. The van der Waals surface area contributed by atoms with Gasteiger partial charge in [-0.15, -0.1) is 0 Å². The first-order valence-corrected chi connectivity index (χ1v) is 5.16. The zero-order valence-electron chi connectivity index (χ0n) is 6.39. The van der Waals surface area contributed by atoms with Crippen molar-refractivity contribution in [2.75, 3.05) is 0 Å². The van der Waals surface area contributed by atoms with E-state index >= 15 is 0 Å². The maximum Gasteiger partial charge on any atom is 0.123 e. The van der Waals surface area contributed by atoms with E-state index in [2.05, 4.69) is 36.8 Å². The predicted molar refractivity (Wildman–Crippen MR) is 57.1 cm³/mol. The van der Waals surface area contributed by atoms with Crippen molar-refractivity contribution in [2.45, 2.75) is 0 Å². The Morgan fingerprint density at radius 2 is 1.92 bits per heavy atom. The van der Waals surface area contributed by atoms with E-state index in [0.29, 0.717) is 0 Å². The van der Waals surface area contributed by atoms with Crippen LogP contribution < -0.4 is 0 Å². The maximum atomic E-state index is 12.9. The topological polar surface area (TPSA) is 12.9 Å². The second-order valence-corrected chi connectivity index (χ2v) is 4.19. The van der Waals surface area contributed by atoms with Crippen molar-refractivity contribution in [1.82, 2.24) is 4.98 Å². The van der Waals surface area contributed by atoms with E-state index in [0.717, 1.165) is 19.8 Å². The van der Waals surface area contributed by atoms with Gasteiger partial charge < -0.3 is 0 Å². The SMILES string of the molecule is Fc1ccc2c(Br)ncc(Br)c2c1. The highest BCUT2D eigenvalue weighted by Crippen LogP contribution is 2.28. The largest absolute Gasteiger partial charge is 0.248 e. The van der Waals surface area contributed by atoms with Crippen molar-refractivity contribution < 1.29 is 4.39 Å². The molecule has 0 fully saturated rings. The van der Waals surface area contributed by atoms with Crippen LogP contribution in [-0.4, -0.2) is 4.98 Å². The fraction of sp³-hybridized carbons (Fsp3) is 0. The molecule has 0 saturated heterocycles. The fourth-order valence-electron chi connectivity index (χ4n) is 1.15. The molecule has 1 nitrogen and oxygen atoms in total. The van der Waals surface area contributed by atoms with E-state index in [1.54, 1.807) is 12.3 Å². The molecule has 4 heteroatoms. The maximum absolute atomic E-state index is 12.9. The van der Waals surface area contributed by atoms with Gasteiger partial charge in [0.1, 0.15) is 10.4 Å². The van der Waals surface area contributed by atoms with Gasteiger partial charge in [-0.25, -0.2) is 9.37 Å². The van der Waals surface area contributed by atoms with E-state index in [4.69, 9.17) is 0 Å². The van der Waals surface area contributed by atoms with Gasteiger partial charge >= 0.3 is 0 Å². The summed E-state index contributed by atoms with van der Waals surface area (Å²) in [7, 11) is 0. The lowest BCUT2D eigenvalue weighted by Gasteiger charge is -2.01. The van der Waals surface area contributed by atoms with Gasteiger partial charge in [0.05, 0.1) is 0 Å². The highest BCUT2D eigenvalue weighted by molar-refractivity contribution is 9.11. The molecular weight excluding hydrogens is 301 g/mol. The van der Waals surface area contributed by atoms with Crippen LogP contribution >= 0.6 is 31.9 Å². The van der Waals surface area contributed by atoms with Crippen LogP contribution in [0.15, 0.2) is 33.5 Å². The molecule has 13 heavy (non-hydrogen) atoms. The number of rotatable bonds is 0. The number of halogens is 3. The molecule has 66 valence electrons. The Kier molecular flexibility index (Phi) is 2.34. The number of fused-ring (bicyclic) bond motifs is 1. The summed E-state index contributed by atoms with van der Waals surface area (Å²) in [6.07, 6.45) is 1.64. The lowest BCUT2D eigenvalue weighted by atomic mass is 10.2. The van der Waals surface area contributed by atoms with Gasteiger partial charge in [-0.3, -0.25) is 0 Å². The van der Waals surface area contributed by atoms with Crippen molar-refractivity contribution in [3.05, 3.63) is 39.3 Å². The van der Waals surface area contributed by atoms with Crippen LogP contribution in [0.2, 0.25) is 0 Å². The Hall–Kier alpha value is -0.480. The predicted octanol–water partition coefficient (Wildman–Crippen LogP) is 3.90. The van der Waals surface area contributed by atoms with Gasteiger partial charge in [-0.1, -0.05) is 0 Å². The Morgan fingerprint density at radius 1 is 1.15 bits per heavy atom. The van der Waals surface area contributed by atoms with Crippen LogP contribution in [0, 0.1) is 5.82 Å². The summed E-state index contributed by atoms with van der Waals surface area (Å²) < 4.78 is 14.4. The van der Waals surface area contributed by atoms with E-state index in [9.17, 15) is 4.39 Å². The van der Waals surface area contributed by atoms with Crippen LogP contribution in [0.5, 0.6) is 0 Å². The molecule has 1 heterocycles. The minimum absolute atomic E-state index is 0.244. The molecule has 0 bridgehead atoms. The second kappa shape index (κ2) is 3.35. The summed E-state index contributed by atoms with van der Waals surface area (Å²) in [6.45, 7) is 0. The zero-order valence-corrected chi connectivity index (χ0v) is 9.56. The Morgan fingerprint density at radius 3 is 2.69 bits per heavy atom. The molecule has 2 rings (SSSR count). The molecular formula is C9H4Br2FN. The number of hydrogen-bond donors (Lipinski definition) is 0. The van der Waals surface area contributed by atoms with Gasteiger partial charge in [-0.2, -0.15) is 0 Å². The molecule has 1 aromatic heterocycles. The lowest BCUT2D eigenvalue weighted by molar-refractivity contribution is 0.629. The first-order valence-electron chi connectivity index (χ1n) is 3.58. The molecule has 0 unspecified atom stereocenters. The van der Waals surface area contributed by atoms with Crippen molar-refractivity contribution in [3.63, 3.8) is 0 Å². The molecule has 1 aromatic carbocycles. The van der Waals surface area contributed by atoms with Crippen molar-refractivity contribution >= 4 is 42.6 Å². The van der Waals surface area contributed by atoms with E-state index in [1.807, 2.05) is 0 Å². The summed E-state index contributed by atoms with van der Waals surface area (Å²) in [4.78, 5) is 4.08. The van der Waals surface area contributed by atoms with Gasteiger partial charge in [0, 0.05) is 21.4 Å². The average Bonchev–Trinajstić information content (AvgIpc) is 2.12. The zero-order chi connectivity index (χ0) is 9.42. The second-order valence-electron chi connectivity index (χ2n) is 2.59. The van der Waals surface area contributed by atoms with Crippen LogP contribution in [0.25, 0.3) is 10.8 Å². The van der Waals surface area contributed by atoms with Crippen molar-refractivity contribution in [3.8, 4) is 0 Å². The highest BCUT2D eigenvalue weighted by Gasteiger charge is 2.04. The molecule has 0 saturated carbocycles. The molecule has 0 amide bonds. The van der Waals surface area contributed by atoms with E-state index in [1.165, 1.54) is 12.1 Å². The molecule has 0 aliphatic carbocycles. The first-order chi connectivity index (χ1) is 6.18. The molecule has 0 N–H and O–H groups in total. The fourth-order valence-corrected chi connectivity index (χ4v) is 2.02. The number of hydrogen-bond acceptors (Lipinski definition) is 1. The third kappa shape index (κ3) is 1.60. The number of aromatic nitrogens is 1. The molecule has 0 spiro atoms. The minimum Gasteiger partial charge on any atom is -0.248 e. The van der Waals surface area contributed by atoms with Crippen LogP contribution in [0.4, 0.5) is 4.39 Å². The van der Waals surface area contributed by atoms with Gasteiger partial charge in [0.15, 0.2) is 0 Å². The normalized spacial score (nSPS) is 10.7. The quantitative estimate of drug-likeness (QED) is 0.673. The summed E-state index contributed by atoms with van der Waals surface area (Å²) in [5.74, 6) is -0.244. The molecule has 0 radical (unpaired) electrons. The van der Waals surface area contributed by atoms with Crippen molar-refractivity contribution in [1.29, 1.82) is 0 Å². The standard InChI is InChI=1S/C9H4Br2FN/c10-8-4-13-9(11)6-2-1-5(12)3-7(6)8/h1-4H. The molecule has 0 aliphatic rings. The first kappa shape index (κ1) is 9.09. The third-order valence-electron chi connectivity index (χ3n) is 1.75. The average molecular weight is 305 g/mol. The number of pyridine rings is 1. The van der Waals surface area contributed by atoms with Crippen LogP contribution in [0.3, 0.4) is 0 Å². The lowest BCUT2D eigenvalue weighted by Crippen LogP contribution is -1.82. The van der Waals surface area contributed by atoms with Gasteiger partial charge in [0.25, 0.3) is 0 Å². The Balaban J connectivity index is 2.92. The van der Waals surface area contributed by atoms with Crippen molar-refractivity contribution in [2.24, 2.45) is 0 Å². The summed E-state index contributed by atoms with van der Waals surface area (Å²) in [5, 5.41) is 1.72. The van der Waals surface area contributed by atoms with Crippen LogP contribution in [0.1, 0.15) is 0 Å². The summed E-state index contributed by atoms with van der Waals surface area (Å²) >= 11 is 6.62. The third-order valence-corrected chi connectivity index (χ3v) is 3.02. The Bertz CT molecular complexity index is 470. The Labute approximate surface area is 91.2 Å². The van der Waals surface area contributed by atoms with Gasteiger partial charge in [-0.05, 0) is 50.1 Å². The summed E-state index contributed by atoms with van der Waals surface area (Å²) in [6, 6.07) is 4.60. The highest BCUT2D eigenvalue weighted by atomic mass is 79.9. The number of nitrogens with zero attached hydrogens (tertiary/aromatic N) is 1. The summed E-state index contributed by atoms with van der Waals surface area (Å²) in [5.41, 5.74) is 0. The minimum atomic E-state index is -0.244. The molecule has 0 atom stereocenters. The molecule has 2 aromatic rings. The van der Waals surface area contributed by atoms with Crippen LogP contribution in [-0.2, 0) is 0 Å². The van der Waals surface area contributed by atoms with E-state index < -0.39 is 0 Å². The van der Waals surface area contributed by atoms with E-state index in [-0.39, 0.29) is 5.82 Å². The number of benzene rings is 1. The smallest absolute Gasteiger partial charge is 0.123 e. The molecule has 0 aliphatic heterocycles.